The number of nitrogens with two attached hydrogens (primary N) is 1. The van der Waals surface area contributed by atoms with Crippen molar-refractivity contribution < 1.29 is 8.60 Å². The summed E-state index contributed by atoms with van der Waals surface area (Å²) in [7, 11) is 2.17. The van der Waals surface area contributed by atoms with Gasteiger partial charge in [-0.1, -0.05) is 17.7 Å². The molecule has 1 aromatic carbocycles. The topological polar surface area (TPSA) is 64.2 Å². The number of benzene rings is 1. The number of aromatic nitrogens is 2. The Hall–Kier alpha value is -1.54. The molecule has 0 saturated carbocycles. The lowest BCUT2D eigenvalue weighted by molar-refractivity contribution is 0.602. The summed E-state index contributed by atoms with van der Waals surface area (Å²) in [5, 5.41) is 4.97. The molecule has 1 unspecified atom stereocenters. The van der Waals surface area contributed by atoms with Gasteiger partial charge in [-0.15, -0.1) is 0 Å². The van der Waals surface area contributed by atoms with E-state index in [1.54, 1.807) is 30.5 Å². The van der Waals surface area contributed by atoms with Crippen molar-refractivity contribution in [2.24, 2.45) is 5.73 Å². The molecule has 0 aliphatic heterocycles. The van der Waals surface area contributed by atoms with E-state index < -0.39 is 11.0 Å². The molecule has 2 rings (SSSR count). The first kappa shape index (κ1) is 20.8. The van der Waals surface area contributed by atoms with Crippen molar-refractivity contribution in [2.75, 3.05) is 20.6 Å². The fourth-order valence-corrected chi connectivity index (χ4v) is 3.87. The van der Waals surface area contributed by atoms with E-state index in [9.17, 15) is 8.60 Å². The second kappa shape index (κ2) is 8.90. The molecule has 142 valence electrons. The zero-order valence-corrected chi connectivity index (χ0v) is 17.0. The van der Waals surface area contributed by atoms with E-state index in [1.165, 1.54) is 6.08 Å². The van der Waals surface area contributed by atoms with Crippen LogP contribution >= 0.6 is 11.6 Å². The van der Waals surface area contributed by atoms with Crippen molar-refractivity contribution in [3.05, 3.63) is 57.6 Å². The Morgan fingerprint density at radius 1 is 1.42 bits per heavy atom. The third-order valence-electron chi connectivity index (χ3n) is 4.06. The average molecular weight is 399 g/mol. The summed E-state index contributed by atoms with van der Waals surface area (Å²) in [5.74, 6) is -0.253. The highest BCUT2D eigenvalue weighted by Crippen LogP contribution is 2.24. The van der Waals surface area contributed by atoms with Crippen molar-refractivity contribution >= 4 is 22.6 Å². The predicted octanol–water partition coefficient (Wildman–Crippen LogP) is 3.14. The lowest BCUT2D eigenvalue weighted by Crippen LogP contribution is -2.15. The number of allylic oxidation sites excluding steroid dienone is 1. The zero-order chi connectivity index (χ0) is 19.4. The van der Waals surface area contributed by atoms with Crippen LogP contribution in [0.15, 0.2) is 35.0 Å². The lowest BCUT2D eigenvalue weighted by atomic mass is 10.1. The van der Waals surface area contributed by atoms with Gasteiger partial charge in [0.2, 0.25) is 0 Å². The van der Waals surface area contributed by atoms with Crippen LogP contribution in [-0.2, 0) is 24.0 Å². The van der Waals surface area contributed by atoms with E-state index >= 15 is 0 Å². The van der Waals surface area contributed by atoms with Gasteiger partial charge >= 0.3 is 0 Å². The van der Waals surface area contributed by atoms with E-state index in [4.69, 9.17) is 17.3 Å². The molecule has 1 aromatic heterocycles. The second-order valence-electron chi connectivity index (χ2n) is 6.20. The van der Waals surface area contributed by atoms with Gasteiger partial charge in [0.25, 0.3) is 0 Å². The van der Waals surface area contributed by atoms with Gasteiger partial charge in [0.15, 0.2) is 0 Å². The highest BCUT2D eigenvalue weighted by atomic mass is 35.5. The van der Waals surface area contributed by atoms with Gasteiger partial charge in [-0.2, -0.15) is 5.10 Å². The van der Waals surface area contributed by atoms with Gasteiger partial charge < -0.3 is 5.73 Å². The smallest absolute Gasteiger partial charge is 0.128 e. The molecule has 0 saturated heterocycles. The van der Waals surface area contributed by atoms with Crippen LogP contribution in [0.25, 0.3) is 0 Å². The van der Waals surface area contributed by atoms with Crippen LogP contribution in [0.3, 0.4) is 0 Å². The molecule has 0 spiro atoms. The fraction of sp³-hybridized carbons (Fsp3) is 0.389. The van der Waals surface area contributed by atoms with E-state index in [1.807, 2.05) is 24.6 Å². The van der Waals surface area contributed by atoms with Gasteiger partial charge in [-0.3, -0.25) is 4.68 Å². The minimum atomic E-state index is -1.29. The van der Waals surface area contributed by atoms with Gasteiger partial charge in [0.05, 0.1) is 22.2 Å². The molecule has 26 heavy (non-hydrogen) atoms. The monoisotopic (exact) mass is 398 g/mol. The van der Waals surface area contributed by atoms with Crippen molar-refractivity contribution in [3.63, 3.8) is 0 Å². The highest BCUT2D eigenvalue weighted by Gasteiger charge is 2.15. The normalized spacial score (nSPS) is 13.5. The summed E-state index contributed by atoms with van der Waals surface area (Å²) in [5.41, 5.74) is 8.85. The molecule has 5 nitrogen and oxygen atoms in total. The van der Waals surface area contributed by atoms with Crippen molar-refractivity contribution in [1.29, 1.82) is 0 Å². The van der Waals surface area contributed by atoms with Gasteiger partial charge in [0.1, 0.15) is 16.8 Å². The number of nitrogens with zero attached hydrogens (tertiary/aromatic N) is 3. The molecule has 0 aliphatic carbocycles. The summed E-state index contributed by atoms with van der Waals surface area (Å²) in [4.78, 5) is 0.573. The van der Waals surface area contributed by atoms with Crippen LogP contribution in [0.4, 0.5) is 4.39 Å². The van der Waals surface area contributed by atoms with Gasteiger partial charge in [0, 0.05) is 24.2 Å². The lowest BCUT2D eigenvalue weighted by Gasteiger charge is -2.12. The summed E-state index contributed by atoms with van der Waals surface area (Å²) >= 11 is 6.30. The molecule has 0 fully saturated rings. The SMILES string of the molecule is Cc1nn(Cc2ccc(S(=O)N(C)C)c(Cl)c2)c(C)c1C/C(F)=C/CN. The molecule has 0 bridgehead atoms. The predicted molar refractivity (Wildman–Crippen MR) is 104 cm³/mol. The van der Waals surface area contributed by atoms with Crippen LogP contribution in [0.1, 0.15) is 22.5 Å². The standard InChI is InChI=1S/C18H24ClFN4OS/c1-12-16(10-15(20)7-8-21)13(2)24(22-12)11-14-5-6-18(17(19)9-14)26(25)23(3)4/h5-7,9H,8,10-11,21H2,1-4H3/b15-7-. The number of aryl methyl sites for hydroxylation is 1. The van der Waals surface area contributed by atoms with Crippen LogP contribution in [0, 0.1) is 13.8 Å². The molecule has 8 heteroatoms. The first-order valence-corrected chi connectivity index (χ1v) is 9.68. The van der Waals surface area contributed by atoms with Crippen LogP contribution in [-0.4, -0.2) is 38.9 Å². The minimum absolute atomic E-state index is 0.178. The quantitative estimate of drug-likeness (QED) is 0.779. The molecule has 0 amide bonds. The summed E-state index contributed by atoms with van der Waals surface area (Å²) < 4.78 is 29.4. The Kier molecular flexibility index (Phi) is 7.11. The number of halogens is 2. The van der Waals surface area contributed by atoms with Crippen LogP contribution < -0.4 is 5.73 Å². The molecule has 2 N–H and O–H groups in total. The Morgan fingerprint density at radius 2 is 2.12 bits per heavy atom. The zero-order valence-electron chi connectivity index (χ0n) is 15.4. The first-order chi connectivity index (χ1) is 12.2. The van der Waals surface area contributed by atoms with Gasteiger partial charge in [-0.05, 0) is 51.7 Å². The molecular weight excluding hydrogens is 375 g/mol. The maximum absolute atomic E-state index is 13.8. The summed E-state index contributed by atoms with van der Waals surface area (Å²) in [6.45, 7) is 4.47. The molecular formula is C18H24ClFN4OS. The third kappa shape index (κ3) is 4.79. The molecule has 2 aromatic rings. The number of hydrogen-bond donors (Lipinski definition) is 1. The maximum atomic E-state index is 13.8. The summed E-state index contributed by atoms with van der Waals surface area (Å²) in [6.07, 6.45) is 1.57. The van der Waals surface area contributed by atoms with Crippen LogP contribution in [0.2, 0.25) is 5.02 Å². The second-order valence-corrected chi connectivity index (χ2v) is 8.27. The Bertz CT molecular complexity index is 848. The highest BCUT2D eigenvalue weighted by molar-refractivity contribution is 7.82. The largest absolute Gasteiger partial charge is 0.327 e. The van der Waals surface area contributed by atoms with E-state index in [-0.39, 0.29) is 18.8 Å². The third-order valence-corrected chi connectivity index (χ3v) is 5.89. The van der Waals surface area contributed by atoms with Crippen LogP contribution in [0.5, 0.6) is 0 Å². The average Bonchev–Trinajstić information content (AvgIpc) is 2.82. The fourth-order valence-electron chi connectivity index (χ4n) is 2.67. The molecule has 1 heterocycles. The minimum Gasteiger partial charge on any atom is -0.327 e. The Morgan fingerprint density at radius 3 is 2.69 bits per heavy atom. The molecule has 1 atom stereocenters. The van der Waals surface area contributed by atoms with E-state index in [0.29, 0.717) is 16.5 Å². The van der Waals surface area contributed by atoms with Crippen molar-refractivity contribution in [3.8, 4) is 0 Å². The van der Waals surface area contributed by atoms with E-state index in [0.717, 1.165) is 22.5 Å². The Labute approximate surface area is 161 Å². The van der Waals surface area contributed by atoms with Crippen molar-refractivity contribution in [2.45, 2.75) is 31.7 Å². The summed E-state index contributed by atoms with van der Waals surface area (Å²) in [6, 6.07) is 5.45. The Balaban J connectivity index is 2.25. The molecule has 0 radical (unpaired) electrons. The van der Waals surface area contributed by atoms with Gasteiger partial charge in [-0.25, -0.2) is 12.9 Å². The number of rotatable bonds is 7. The molecule has 0 aliphatic rings. The first-order valence-electron chi connectivity index (χ1n) is 8.19. The number of hydrogen-bond acceptors (Lipinski definition) is 3. The van der Waals surface area contributed by atoms with E-state index in [2.05, 4.69) is 5.10 Å². The van der Waals surface area contributed by atoms with Crippen molar-refractivity contribution in [1.82, 2.24) is 14.1 Å². The maximum Gasteiger partial charge on any atom is 0.128 e.